The molecule has 0 saturated carbocycles. The van der Waals surface area contributed by atoms with Crippen LogP contribution in [0.25, 0.3) is 0 Å². The van der Waals surface area contributed by atoms with Crippen molar-refractivity contribution in [3.63, 3.8) is 0 Å². The standard InChI is InChI=1S/C12H13FN2O/c1-8-6-9(4-5-10(8)13)15-11(16)12(2,3)7-14/h4-6H,1-3H3,(H,15,16). The minimum Gasteiger partial charge on any atom is -0.325 e. The SMILES string of the molecule is Cc1cc(NC(=O)C(C)(C)C#N)ccc1F. The van der Waals surface area contributed by atoms with Gasteiger partial charge in [0.15, 0.2) is 0 Å². The van der Waals surface area contributed by atoms with E-state index in [9.17, 15) is 9.18 Å². The lowest BCUT2D eigenvalue weighted by atomic mass is 9.94. The fourth-order valence-electron chi connectivity index (χ4n) is 1.06. The Morgan fingerprint density at radius 3 is 2.62 bits per heavy atom. The summed E-state index contributed by atoms with van der Waals surface area (Å²) >= 11 is 0. The van der Waals surface area contributed by atoms with Crippen LogP contribution in [0.5, 0.6) is 0 Å². The van der Waals surface area contributed by atoms with Crippen LogP contribution in [0.4, 0.5) is 10.1 Å². The first kappa shape index (κ1) is 12.2. The van der Waals surface area contributed by atoms with E-state index in [1.807, 2.05) is 6.07 Å². The molecule has 0 aliphatic carbocycles. The molecular weight excluding hydrogens is 207 g/mol. The molecule has 1 N–H and O–H groups in total. The highest BCUT2D eigenvalue weighted by atomic mass is 19.1. The number of nitriles is 1. The Morgan fingerprint density at radius 2 is 2.12 bits per heavy atom. The number of hydrogen-bond acceptors (Lipinski definition) is 2. The highest BCUT2D eigenvalue weighted by Crippen LogP contribution is 2.19. The van der Waals surface area contributed by atoms with Crippen LogP contribution in [-0.4, -0.2) is 5.91 Å². The molecule has 0 fully saturated rings. The minimum absolute atomic E-state index is 0.322. The van der Waals surface area contributed by atoms with Gasteiger partial charge in [0.2, 0.25) is 5.91 Å². The number of nitrogens with zero attached hydrogens (tertiary/aromatic N) is 1. The first-order chi connectivity index (χ1) is 7.36. The molecule has 84 valence electrons. The predicted octanol–water partition coefficient (Wildman–Crippen LogP) is 2.62. The Balaban J connectivity index is 2.87. The second-order valence-electron chi connectivity index (χ2n) is 4.15. The molecule has 0 aliphatic heterocycles. The Bertz CT molecular complexity index is 461. The summed E-state index contributed by atoms with van der Waals surface area (Å²) in [7, 11) is 0. The van der Waals surface area contributed by atoms with Gasteiger partial charge in [-0.15, -0.1) is 0 Å². The summed E-state index contributed by atoms with van der Waals surface area (Å²) in [6, 6.07) is 6.18. The van der Waals surface area contributed by atoms with Crippen LogP contribution in [0.1, 0.15) is 19.4 Å². The second-order valence-corrected chi connectivity index (χ2v) is 4.15. The van der Waals surface area contributed by atoms with E-state index in [1.165, 1.54) is 32.0 Å². The van der Waals surface area contributed by atoms with E-state index in [2.05, 4.69) is 5.32 Å². The fourth-order valence-corrected chi connectivity index (χ4v) is 1.06. The monoisotopic (exact) mass is 220 g/mol. The molecule has 4 heteroatoms. The quantitative estimate of drug-likeness (QED) is 0.832. The zero-order valence-electron chi connectivity index (χ0n) is 9.47. The molecule has 0 saturated heterocycles. The van der Waals surface area contributed by atoms with Gasteiger partial charge in [0, 0.05) is 5.69 Å². The second kappa shape index (κ2) is 4.31. The molecule has 1 amide bonds. The molecule has 1 rings (SSSR count). The third-order valence-corrected chi connectivity index (χ3v) is 2.26. The van der Waals surface area contributed by atoms with Gasteiger partial charge in [-0.1, -0.05) is 0 Å². The Hall–Kier alpha value is -1.89. The molecule has 1 aromatic rings. The Morgan fingerprint density at radius 1 is 1.50 bits per heavy atom. The van der Waals surface area contributed by atoms with Gasteiger partial charge in [0.05, 0.1) is 6.07 Å². The van der Waals surface area contributed by atoms with E-state index in [0.29, 0.717) is 11.3 Å². The number of aryl methyl sites for hydroxylation is 1. The van der Waals surface area contributed by atoms with Crippen LogP contribution in [0.3, 0.4) is 0 Å². The molecule has 0 radical (unpaired) electrons. The zero-order chi connectivity index (χ0) is 12.3. The number of nitrogens with one attached hydrogen (secondary N) is 1. The number of benzene rings is 1. The zero-order valence-corrected chi connectivity index (χ0v) is 9.47. The molecule has 0 spiro atoms. The molecule has 0 unspecified atom stereocenters. The Kier molecular flexibility index (Phi) is 3.28. The van der Waals surface area contributed by atoms with Crippen molar-refractivity contribution in [2.75, 3.05) is 5.32 Å². The maximum Gasteiger partial charge on any atom is 0.244 e. The van der Waals surface area contributed by atoms with Crippen molar-refractivity contribution in [2.45, 2.75) is 20.8 Å². The van der Waals surface area contributed by atoms with Crippen molar-refractivity contribution in [3.8, 4) is 6.07 Å². The van der Waals surface area contributed by atoms with Gasteiger partial charge < -0.3 is 5.32 Å². The lowest BCUT2D eigenvalue weighted by Crippen LogP contribution is -2.29. The highest BCUT2D eigenvalue weighted by molar-refractivity contribution is 5.96. The highest BCUT2D eigenvalue weighted by Gasteiger charge is 2.27. The van der Waals surface area contributed by atoms with Crippen LogP contribution in [0.15, 0.2) is 18.2 Å². The molecule has 0 atom stereocenters. The average molecular weight is 220 g/mol. The maximum absolute atomic E-state index is 13.0. The summed E-state index contributed by atoms with van der Waals surface area (Å²) in [5, 5.41) is 11.3. The number of hydrogen-bond donors (Lipinski definition) is 1. The van der Waals surface area contributed by atoms with Crippen LogP contribution in [0, 0.1) is 29.5 Å². The summed E-state index contributed by atoms with van der Waals surface area (Å²) in [6.45, 7) is 4.66. The molecule has 0 aromatic heterocycles. The lowest BCUT2D eigenvalue weighted by Gasteiger charge is -2.15. The van der Waals surface area contributed by atoms with Crippen molar-refractivity contribution >= 4 is 11.6 Å². The van der Waals surface area contributed by atoms with E-state index in [1.54, 1.807) is 6.92 Å². The number of carbonyl (C=O) groups excluding carboxylic acids is 1. The van der Waals surface area contributed by atoms with Gasteiger partial charge in [-0.3, -0.25) is 4.79 Å². The topological polar surface area (TPSA) is 52.9 Å². The van der Waals surface area contributed by atoms with Gasteiger partial charge in [-0.25, -0.2) is 4.39 Å². The van der Waals surface area contributed by atoms with E-state index in [4.69, 9.17) is 5.26 Å². The molecule has 1 aromatic carbocycles. The maximum atomic E-state index is 13.0. The van der Waals surface area contributed by atoms with Gasteiger partial charge >= 0.3 is 0 Å². The third-order valence-electron chi connectivity index (χ3n) is 2.26. The minimum atomic E-state index is -1.09. The van der Waals surface area contributed by atoms with Gasteiger partial charge in [-0.05, 0) is 44.5 Å². The summed E-state index contributed by atoms with van der Waals surface area (Å²) in [4.78, 5) is 11.6. The molecule has 0 heterocycles. The van der Waals surface area contributed by atoms with Crippen molar-refractivity contribution in [1.29, 1.82) is 5.26 Å². The first-order valence-corrected chi connectivity index (χ1v) is 4.85. The third kappa shape index (κ3) is 2.57. The molecule has 0 aliphatic rings. The van der Waals surface area contributed by atoms with Crippen LogP contribution in [-0.2, 0) is 4.79 Å². The number of rotatable bonds is 2. The Labute approximate surface area is 93.9 Å². The van der Waals surface area contributed by atoms with E-state index >= 15 is 0 Å². The van der Waals surface area contributed by atoms with Gasteiger partial charge in [0.1, 0.15) is 11.2 Å². The molecular formula is C12H13FN2O. The molecule has 0 bridgehead atoms. The summed E-state index contributed by atoms with van der Waals surface area (Å²) in [6.07, 6.45) is 0. The summed E-state index contributed by atoms with van der Waals surface area (Å²) < 4.78 is 13.0. The van der Waals surface area contributed by atoms with Crippen molar-refractivity contribution in [3.05, 3.63) is 29.6 Å². The van der Waals surface area contributed by atoms with Crippen molar-refractivity contribution in [1.82, 2.24) is 0 Å². The average Bonchev–Trinajstić information content (AvgIpc) is 2.23. The van der Waals surface area contributed by atoms with E-state index in [0.717, 1.165) is 0 Å². The number of carbonyl (C=O) groups is 1. The van der Waals surface area contributed by atoms with E-state index in [-0.39, 0.29) is 5.82 Å². The van der Waals surface area contributed by atoms with Crippen LogP contribution in [0.2, 0.25) is 0 Å². The van der Waals surface area contributed by atoms with Crippen LogP contribution < -0.4 is 5.32 Å². The first-order valence-electron chi connectivity index (χ1n) is 4.85. The van der Waals surface area contributed by atoms with Crippen molar-refractivity contribution in [2.24, 2.45) is 5.41 Å². The van der Waals surface area contributed by atoms with E-state index < -0.39 is 11.3 Å². The lowest BCUT2D eigenvalue weighted by molar-refractivity contribution is -0.121. The molecule has 3 nitrogen and oxygen atoms in total. The van der Waals surface area contributed by atoms with Gasteiger partial charge in [0.25, 0.3) is 0 Å². The summed E-state index contributed by atoms with van der Waals surface area (Å²) in [5.41, 5.74) is -0.151. The van der Waals surface area contributed by atoms with Crippen LogP contribution >= 0.6 is 0 Å². The number of amides is 1. The number of anilines is 1. The summed E-state index contributed by atoms with van der Waals surface area (Å²) in [5.74, 6) is -0.724. The van der Waals surface area contributed by atoms with Gasteiger partial charge in [-0.2, -0.15) is 5.26 Å². The normalized spacial score (nSPS) is 10.7. The number of halogens is 1. The molecule has 16 heavy (non-hydrogen) atoms. The van der Waals surface area contributed by atoms with Crippen molar-refractivity contribution < 1.29 is 9.18 Å². The predicted molar refractivity (Wildman–Crippen MR) is 59.2 cm³/mol. The largest absolute Gasteiger partial charge is 0.325 e. The smallest absolute Gasteiger partial charge is 0.244 e. The fraction of sp³-hybridized carbons (Fsp3) is 0.333.